The number of nitrogens with two attached hydrogens (primary N) is 1. The van der Waals surface area contributed by atoms with Crippen LogP contribution in [0.1, 0.15) is 11.6 Å². The average molecular weight is 311 g/mol. The molecular formula is C12H11BrN2OS. The zero-order chi connectivity index (χ0) is 12.3. The lowest BCUT2D eigenvalue weighted by Gasteiger charge is -2.15. The molecule has 0 spiro atoms. The monoisotopic (exact) mass is 310 g/mol. The Labute approximate surface area is 112 Å². The van der Waals surface area contributed by atoms with Crippen molar-refractivity contribution in [3.05, 3.63) is 51.1 Å². The maximum Gasteiger partial charge on any atom is 0.244 e. The van der Waals surface area contributed by atoms with Gasteiger partial charge in [-0.25, -0.2) is 0 Å². The number of amides is 1. The standard InChI is InChI=1S/C12H11BrN2OS/c13-9-1-3-10(4-2-9)15-11(12(14)16)8-5-6-17-7-8/h1-7,11,15H,(H2,14,16). The number of halogens is 1. The Balaban J connectivity index is 2.19. The summed E-state index contributed by atoms with van der Waals surface area (Å²) in [5, 5.41) is 6.96. The molecule has 2 aromatic rings. The topological polar surface area (TPSA) is 55.1 Å². The van der Waals surface area contributed by atoms with Crippen LogP contribution >= 0.6 is 27.3 Å². The number of primary amides is 1. The van der Waals surface area contributed by atoms with Crippen molar-refractivity contribution in [2.24, 2.45) is 5.73 Å². The van der Waals surface area contributed by atoms with Crippen LogP contribution in [0.25, 0.3) is 0 Å². The van der Waals surface area contributed by atoms with Crippen molar-refractivity contribution < 1.29 is 4.79 Å². The molecule has 88 valence electrons. The summed E-state index contributed by atoms with van der Waals surface area (Å²) < 4.78 is 0.995. The lowest BCUT2D eigenvalue weighted by molar-refractivity contribution is -0.118. The van der Waals surface area contributed by atoms with Gasteiger partial charge in [-0.2, -0.15) is 11.3 Å². The highest BCUT2D eigenvalue weighted by Gasteiger charge is 2.17. The Morgan fingerprint density at radius 1 is 1.29 bits per heavy atom. The minimum absolute atomic E-state index is 0.383. The van der Waals surface area contributed by atoms with Gasteiger partial charge in [-0.05, 0) is 46.7 Å². The Morgan fingerprint density at radius 2 is 2.00 bits per heavy atom. The van der Waals surface area contributed by atoms with Gasteiger partial charge in [-0.15, -0.1) is 0 Å². The molecule has 2 rings (SSSR count). The van der Waals surface area contributed by atoms with E-state index in [1.165, 1.54) is 0 Å². The third-order valence-electron chi connectivity index (χ3n) is 2.32. The molecule has 1 amide bonds. The van der Waals surface area contributed by atoms with Gasteiger partial charge >= 0.3 is 0 Å². The second-order valence-corrected chi connectivity index (χ2v) is 5.24. The van der Waals surface area contributed by atoms with Crippen LogP contribution in [-0.2, 0) is 4.79 Å². The van der Waals surface area contributed by atoms with E-state index in [9.17, 15) is 4.79 Å². The van der Waals surface area contributed by atoms with E-state index in [1.807, 2.05) is 41.1 Å². The summed E-state index contributed by atoms with van der Waals surface area (Å²) in [6, 6.07) is 9.02. The molecule has 1 aromatic heterocycles. The second-order valence-electron chi connectivity index (χ2n) is 3.54. The first-order valence-electron chi connectivity index (χ1n) is 5.00. The van der Waals surface area contributed by atoms with Gasteiger partial charge in [0.1, 0.15) is 6.04 Å². The van der Waals surface area contributed by atoms with Crippen molar-refractivity contribution in [1.29, 1.82) is 0 Å². The highest BCUT2D eigenvalue weighted by molar-refractivity contribution is 9.10. The van der Waals surface area contributed by atoms with Gasteiger partial charge in [-0.1, -0.05) is 15.9 Å². The third-order valence-corrected chi connectivity index (χ3v) is 3.55. The molecule has 3 nitrogen and oxygen atoms in total. The lowest BCUT2D eigenvalue weighted by Crippen LogP contribution is -2.27. The summed E-state index contributed by atoms with van der Waals surface area (Å²) in [5.74, 6) is -0.383. The van der Waals surface area contributed by atoms with E-state index in [0.717, 1.165) is 15.7 Å². The highest BCUT2D eigenvalue weighted by Crippen LogP contribution is 2.22. The molecule has 0 radical (unpaired) electrons. The van der Waals surface area contributed by atoms with Gasteiger partial charge in [-0.3, -0.25) is 4.79 Å². The van der Waals surface area contributed by atoms with Crippen molar-refractivity contribution in [3.63, 3.8) is 0 Å². The second kappa shape index (κ2) is 5.33. The number of thiophene rings is 1. The minimum Gasteiger partial charge on any atom is -0.370 e. The van der Waals surface area contributed by atoms with Crippen LogP contribution < -0.4 is 11.1 Å². The molecule has 1 atom stereocenters. The zero-order valence-corrected chi connectivity index (χ0v) is 11.3. The quantitative estimate of drug-likeness (QED) is 0.911. The number of hydrogen-bond donors (Lipinski definition) is 2. The molecule has 17 heavy (non-hydrogen) atoms. The van der Waals surface area contributed by atoms with Crippen LogP contribution in [0.2, 0.25) is 0 Å². The summed E-state index contributed by atoms with van der Waals surface area (Å²) in [5.41, 5.74) is 7.16. The predicted molar refractivity (Wildman–Crippen MR) is 74.0 cm³/mol. The number of benzene rings is 1. The summed E-state index contributed by atoms with van der Waals surface area (Å²) in [6.07, 6.45) is 0. The summed E-state index contributed by atoms with van der Waals surface area (Å²) >= 11 is 4.90. The van der Waals surface area contributed by atoms with Crippen molar-refractivity contribution in [2.45, 2.75) is 6.04 Å². The third kappa shape index (κ3) is 3.08. The fourth-order valence-electron chi connectivity index (χ4n) is 1.47. The van der Waals surface area contributed by atoms with E-state index >= 15 is 0 Å². The summed E-state index contributed by atoms with van der Waals surface area (Å²) in [6.45, 7) is 0. The lowest BCUT2D eigenvalue weighted by atomic mass is 10.1. The van der Waals surface area contributed by atoms with Gasteiger partial charge in [0, 0.05) is 10.2 Å². The van der Waals surface area contributed by atoms with Crippen molar-refractivity contribution >= 4 is 38.9 Å². The highest BCUT2D eigenvalue weighted by atomic mass is 79.9. The Hall–Kier alpha value is -1.33. The maximum atomic E-state index is 11.4. The predicted octanol–water partition coefficient (Wildman–Crippen LogP) is 3.15. The molecule has 5 heteroatoms. The van der Waals surface area contributed by atoms with Crippen LogP contribution in [0.3, 0.4) is 0 Å². The number of hydrogen-bond acceptors (Lipinski definition) is 3. The largest absolute Gasteiger partial charge is 0.370 e. The molecule has 0 aliphatic rings. The van der Waals surface area contributed by atoms with E-state index in [-0.39, 0.29) is 5.91 Å². The summed E-state index contributed by atoms with van der Waals surface area (Å²) in [7, 11) is 0. The number of carbonyl (C=O) groups is 1. The molecule has 3 N–H and O–H groups in total. The Kier molecular flexibility index (Phi) is 3.81. The van der Waals surface area contributed by atoms with Crippen molar-refractivity contribution in [2.75, 3.05) is 5.32 Å². The molecule has 0 aliphatic heterocycles. The SMILES string of the molecule is NC(=O)C(Nc1ccc(Br)cc1)c1ccsc1. The van der Waals surface area contributed by atoms with E-state index in [2.05, 4.69) is 21.2 Å². The van der Waals surface area contributed by atoms with Crippen LogP contribution in [0.4, 0.5) is 5.69 Å². The van der Waals surface area contributed by atoms with E-state index in [1.54, 1.807) is 11.3 Å². The van der Waals surface area contributed by atoms with Gasteiger partial charge < -0.3 is 11.1 Å². The fraction of sp³-hybridized carbons (Fsp3) is 0.0833. The van der Waals surface area contributed by atoms with Gasteiger partial charge in [0.2, 0.25) is 5.91 Å². The number of nitrogens with one attached hydrogen (secondary N) is 1. The minimum atomic E-state index is -0.484. The molecule has 0 saturated carbocycles. The first-order chi connectivity index (χ1) is 8.16. The molecule has 0 aliphatic carbocycles. The molecule has 0 bridgehead atoms. The van der Waals surface area contributed by atoms with Crippen molar-refractivity contribution in [1.82, 2.24) is 0 Å². The number of anilines is 1. The summed E-state index contributed by atoms with van der Waals surface area (Å²) in [4.78, 5) is 11.4. The molecule has 0 saturated heterocycles. The van der Waals surface area contributed by atoms with Crippen molar-refractivity contribution in [3.8, 4) is 0 Å². The Morgan fingerprint density at radius 3 is 2.53 bits per heavy atom. The maximum absolute atomic E-state index is 11.4. The van der Waals surface area contributed by atoms with E-state index in [4.69, 9.17) is 5.73 Å². The van der Waals surface area contributed by atoms with Crippen LogP contribution in [0.5, 0.6) is 0 Å². The first kappa shape index (κ1) is 12.1. The zero-order valence-electron chi connectivity index (χ0n) is 8.89. The van der Waals surface area contributed by atoms with Crippen LogP contribution in [0, 0.1) is 0 Å². The smallest absolute Gasteiger partial charge is 0.244 e. The van der Waals surface area contributed by atoms with Crippen LogP contribution in [0.15, 0.2) is 45.6 Å². The number of rotatable bonds is 4. The Bertz CT molecular complexity index is 496. The molecule has 0 fully saturated rings. The molecule has 1 unspecified atom stereocenters. The van der Waals surface area contributed by atoms with E-state index in [0.29, 0.717) is 0 Å². The first-order valence-corrected chi connectivity index (χ1v) is 6.74. The molecule has 1 heterocycles. The van der Waals surface area contributed by atoms with Crippen LogP contribution in [-0.4, -0.2) is 5.91 Å². The molecular weight excluding hydrogens is 300 g/mol. The normalized spacial score (nSPS) is 12.1. The average Bonchev–Trinajstić information content (AvgIpc) is 2.81. The fourth-order valence-corrected chi connectivity index (χ4v) is 2.42. The van der Waals surface area contributed by atoms with E-state index < -0.39 is 6.04 Å². The number of carbonyl (C=O) groups excluding carboxylic acids is 1. The van der Waals surface area contributed by atoms with Gasteiger partial charge in [0.15, 0.2) is 0 Å². The molecule has 1 aromatic carbocycles. The van der Waals surface area contributed by atoms with Gasteiger partial charge in [0.25, 0.3) is 0 Å². The van der Waals surface area contributed by atoms with Gasteiger partial charge in [0.05, 0.1) is 0 Å².